The maximum Gasteiger partial charge on any atom is 0.255 e. The number of aliphatic hydroxyl groups is 1. The van der Waals surface area contributed by atoms with Crippen LogP contribution >= 0.6 is 0 Å². The Kier molecular flexibility index (Phi) is 6.31. The molecule has 1 amide bonds. The van der Waals surface area contributed by atoms with Crippen molar-refractivity contribution in [3.8, 4) is 0 Å². The zero-order valence-corrected chi connectivity index (χ0v) is 15.2. The summed E-state index contributed by atoms with van der Waals surface area (Å²) < 4.78 is 14.9. The van der Waals surface area contributed by atoms with Gasteiger partial charge in [-0.15, -0.1) is 0 Å². The molecule has 2 N–H and O–H groups in total. The van der Waals surface area contributed by atoms with Crippen LogP contribution in [0.5, 0.6) is 0 Å². The molecule has 0 saturated carbocycles. The summed E-state index contributed by atoms with van der Waals surface area (Å²) in [5.74, 6) is -0.638. The highest BCUT2D eigenvalue weighted by Crippen LogP contribution is 2.21. The van der Waals surface area contributed by atoms with Gasteiger partial charge in [-0.25, -0.2) is 4.39 Å². The minimum Gasteiger partial charge on any atom is -0.386 e. The van der Waals surface area contributed by atoms with Crippen LogP contribution in [0, 0.1) is 12.7 Å². The first kappa shape index (κ1) is 19.1. The molecule has 0 saturated heterocycles. The van der Waals surface area contributed by atoms with Crippen LogP contribution in [-0.2, 0) is 0 Å². The van der Waals surface area contributed by atoms with Crippen LogP contribution in [0.1, 0.15) is 67.4 Å². The number of amides is 1. The Morgan fingerprint density at radius 1 is 1.28 bits per heavy atom. The summed E-state index contributed by atoms with van der Waals surface area (Å²) in [6.07, 6.45) is 2.54. The van der Waals surface area contributed by atoms with E-state index in [2.05, 4.69) is 24.3 Å². The smallest absolute Gasteiger partial charge is 0.255 e. The topological polar surface area (TPSA) is 67.2 Å². The highest BCUT2D eigenvalue weighted by atomic mass is 19.1. The zero-order valence-electron chi connectivity index (χ0n) is 15.2. The van der Waals surface area contributed by atoms with Gasteiger partial charge in [-0.3, -0.25) is 9.48 Å². The lowest BCUT2D eigenvalue weighted by Crippen LogP contribution is -2.37. The number of carbonyl (C=O) groups excluding carboxylic acids is 1. The normalized spacial score (nSPS) is 13.7. The lowest BCUT2D eigenvalue weighted by Gasteiger charge is -2.21. The minimum absolute atomic E-state index is 0.267. The van der Waals surface area contributed by atoms with E-state index in [1.54, 1.807) is 13.1 Å². The fourth-order valence-electron chi connectivity index (χ4n) is 2.96. The van der Waals surface area contributed by atoms with Crippen molar-refractivity contribution in [2.45, 2.75) is 58.7 Å². The average molecular weight is 347 g/mol. The van der Waals surface area contributed by atoms with Gasteiger partial charge in [0.25, 0.3) is 5.91 Å². The number of carbonyl (C=O) groups is 1. The summed E-state index contributed by atoms with van der Waals surface area (Å²) in [5.41, 5.74) is 1.87. The van der Waals surface area contributed by atoms with E-state index in [1.807, 2.05) is 11.6 Å². The van der Waals surface area contributed by atoms with Crippen molar-refractivity contribution in [2.75, 3.05) is 0 Å². The first-order valence-electron chi connectivity index (χ1n) is 8.67. The van der Waals surface area contributed by atoms with Gasteiger partial charge >= 0.3 is 0 Å². The third kappa shape index (κ3) is 4.25. The molecule has 2 rings (SSSR count). The first-order chi connectivity index (χ1) is 11.9. The van der Waals surface area contributed by atoms with Gasteiger partial charge < -0.3 is 10.4 Å². The number of benzene rings is 1. The van der Waals surface area contributed by atoms with Crippen LogP contribution in [0.3, 0.4) is 0 Å². The Bertz CT molecular complexity index is 708. The molecule has 0 fully saturated rings. The number of hydrogen-bond acceptors (Lipinski definition) is 3. The highest BCUT2D eigenvalue weighted by molar-refractivity contribution is 5.95. The number of rotatable bonds is 7. The fraction of sp³-hybridized carbons (Fsp3) is 0.474. The molecule has 1 heterocycles. The van der Waals surface area contributed by atoms with Crippen LogP contribution in [-0.4, -0.2) is 26.8 Å². The molecule has 5 nitrogen and oxygen atoms in total. The largest absolute Gasteiger partial charge is 0.386 e. The lowest BCUT2D eigenvalue weighted by molar-refractivity contribution is 0.0851. The van der Waals surface area contributed by atoms with Crippen molar-refractivity contribution in [1.82, 2.24) is 15.1 Å². The summed E-state index contributed by atoms with van der Waals surface area (Å²) in [6, 6.07) is 5.35. The van der Waals surface area contributed by atoms with E-state index < -0.39 is 12.1 Å². The molecule has 2 aromatic rings. The number of nitrogens with zero attached hydrogens (tertiary/aromatic N) is 2. The summed E-state index contributed by atoms with van der Waals surface area (Å²) in [5, 5.41) is 17.5. The van der Waals surface area contributed by atoms with E-state index in [0.717, 1.165) is 18.5 Å². The SMILES string of the molecule is CCC(CC)n1ncc(C(=O)NC(C)C(O)c2ccc(F)cc2)c1C. The number of aliphatic hydroxyl groups excluding tert-OH is 1. The molecule has 2 unspecified atom stereocenters. The molecule has 2 atom stereocenters. The van der Waals surface area contributed by atoms with Crippen LogP contribution in [0.15, 0.2) is 30.5 Å². The molecule has 25 heavy (non-hydrogen) atoms. The quantitative estimate of drug-likeness (QED) is 0.805. The molecule has 6 heteroatoms. The van der Waals surface area contributed by atoms with Crippen LogP contribution in [0.2, 0.25) is 0 Å². The maximum absolute atomic E-state index is 13.0. The Morgan fingerprint density at radius 3 is 2.44 bits per heavy atom. The van der Waals surface area contributed by atoms with Crippen molar-refractivity contribution >= 4 is 5.91 Å². The van der Waals surface area contributed by atoms with E-state index in [0.29, 0.717) is 11.1 Å². The standard InChI is InChI=1S/C19H26FN3O2/c1-5-16(6-2)23-13(4)17(11-21-23)19(25)22-12(3)18(24)14-7-9-15(20)10-8-14/h7-12,16,18,24H,5-6H2,1-4H3,(H,22,25). The monoisotopic (exact) mass is 347 g/mol. The summed E-state index contributed by atoms with van der Waals surface area (Å²) in [4.78, 5) is 12.5. The van der Waals surface area contributed by atoms with E-state index in [9.17, 15) is 14.3 Å². The van der Waals surface area contributed by atoms with Crippen molar-refractivity contribution in [3.63, 3.8) is 0 Å². The van der Waals surface area contributed by atoms with E-state index >= 15 is 0 Å². The molecule has 1 aromatic heterocycles. The van der Waals surface area contributed by atoms with Gasteiger partial charge in [0.05, 0.1) is 29.9 Å². The average Bonchev–Trinajstić information content (AvgIpc) is 2.98. The third-order valence-electron chi connectivity index (χ3n) is 4.62. The number of halogens is 1. The Labute approximate surface area is 147 Å². The lowest BCUT2D eigenvalue weighted by atomic mass is 10.0. The third-order valence-corrected chi connectivity index (χ3v) is 4.62. The van der Waals surface area contributed by atoms with Crippen molar-refractivity contribution in [1.29, 1.82) is 0 Å². The molecular weight excluding hydrogens is 321 g/mol. The Morgan fingerprint density at radius 2 is 1.88 bits per heavy atom. The van der Waals surface area contributed by atoms with Crippen molar-refractivity contribution in [3.05, 3.63) is 53.1 Å². The second-order valence-corrected chi connectivity index (χ2v) is 6.32. The molecule has 1 aromatic carbocycles. The first-order valence-corrected chi connectivity index (χ1v) is 8.67. The van der Waals surface area contributed by atoms with E-state index in [4.69, 9.17) is 0 Å². The van der Waals surface area contributed by atoms with Gasteiger partial charge in [0.2, 0.25) is 0 Å². The molecule has 0 bridgehead atoms. The molecule has 0 aliphatic carbocycles. The van der Waals surface area contributed by atoms with Crippen molar-refractivity contribution < 1.29 is 14.3 Å². The number of nitrogens with one attached hydrogen (secondary N) is 1. The van der Waals surface area contributed by atoms with Crippen LogP contribution in [0.4, 0.5) is 4.39 Å². The second-order valence-electron chi connectivity index (χ2n) is 6.32. The fourth-order valence-corrected chi connectivity index (χ4v) is 2.96. The van der Waals surface area contributed by atoms with Gasteiger partial charge in [-0.05, 0) is 44.4 Å². The second kappa shape index (κ2) is 8.25. The molecule has 0 radical (unpaired) electrons. The van der Waals surface area contributed by atoms with Crippen LogP contribution < -0.4 is 5.32 Å². The van der Waals surface area contributed by atoms with Gasteiger partial charge in [0, 0.05) is 5.69 Å². The zero-order chi connectivity index (χ0) is 18.6. The number of hydrogen-bond donors (Lipinski definition) is 2. The molecule has 136 valence electrons. The van der Waals surface area contributed by atoms with Gasteiger partial charge in [-0.1, -0.05) is 26.0 Å². The molecule has 0 aliphatic rings. The van der Waals surface area contributed by atoms with Gasteiger partial charge in [0.15, 0.2) is 0 Å². The molecular formula is C19H26FN3O2. The Balaban J connectivity index is 2.10. The van der Waals surface area contributed by atoms with Gasteiger partial charge in [-0.2, -0.15) is 5.10 Å². The maximum atomic E-state index is 13.0. The highest BCUT2D eigenvalue weighted by Gasteiger charge is 2.22. The summed E-state index contributed by atoms with van der Waals surface area (Å²) in [6.45, 7) is 7.78. The van der Waals surface area contributed by atoms with E-state index in [1.165, 1.54) is 24.3 Å². The minimum atomic E-state index is -0.918. The number of aromatic nitrogens is 2. The predicted molar refractivity (Wildman–Crippen MR) is 94.9 cm³/mol. The van der Waals surface area contributed by atoms with Crippen LogP contribution in [0.25, 0.3) is 0 Å². The Hall–Kier alpha value is -2.21. The van der Waals surface area contributed by atoms with Gasteiger partial charge in [0.1, 0.15) is 5.82 Å². The molecule has 0 aliphatic heterocycles. The van der Waals surface area contributed by atoms with E-state index in [-0.39, 0.29) is 17.8 Å². The predicted octanol–water partition coefficient (Wildman–Crippen LogP) is 3.54. The summed E-state index contributed by atoms with van der Waals surface area (Å²) >= 11 is 0. The van der Waals surface area contributed by atoms with Crippen molar-refractivity contribution in [2.24, 2.45) is 0 Å². The molecule has 0 spiro atoms. The summed E-state index contributed by atoms with van der Waals surface area (Å²) in [7, 11) is 0.